The Kier molecular flexibility index (Phi) is 12.8. The molecule has 5 aliphatic rings. The number of carbonyl (C=O) groups excluding carboxylic acids is 1. The van der Waals surface area contributed by atoms with Crippen LogP contribution in [-0.4, -0.2) is 107 Å². The number of pyridine rings is 1. The quantitative estimate of drug-likeness (QED) is 0.110. The van der Waals surface area contributed by atoms with Crippen molar-refractivity contribution in [3.63, 3.8) is 0 Å². The monoisotopic (exact) mass is 871 g/mol. The number of rotatable bonds is 12. The van der Waals surface area contributed by atoms with Crippen LogP contribution >= 0.6 is 0 Å². The summed E-state index contributed by atoms with van der Waals surface area (Å²) in [6.07, 6.45) is 11.8. The largest absolute Gasteiger partial charge is 0.393 e. The molecule has 336 valence electrons. The fraction of sp³-hybridized carbons (Fsp3) is 0.617. The SMILES string of the molecule is CC(C)c1ccccc1[C@@H]1CN(C2CCC(O)CC2)CCN1C1CC2(CCN(c3ccc(C(N)=O)c(S(=O)(=O)c4cnc(NCC5CCC(C)(O)CC5)c([N+](=O)[O-])c4)c3)CC2)C1. The van der Waals surface area contributed by atoms with Crippen molar-refractivity contribution in [3.05, 3.63) is 81.5 Å². The number of aliphatic hydroxyl groups is 2. The summed E-state index contributed by atoms with van der Waals surface area (Å²) in [5.74, 6) is -0.331. The Balaban J connectivity index is 0.952. The zero-order chi connectivity index (χ0) is 44.0. The number of hydrogen-bond donors (Lipinski definition) is 4. The molecule has 2 aromatic carbocycles. The number of aliphatic hydroxyl groups excluding tert-OH is 1. The Bertz CT molecular complexity index is 2220. The van der Waals surface area contributed by atoms with Crippen molar-refractivity contribution in [2.45, 2.75) is 143 Å². The molecule has 1 aromatic heterocycles. The predicted molar refractivity (Wildman–Crippen MR) is 239 cm³/mol. The normalized spacial score (nSPS) is 27.5. The summed E-state index contributed by atoms with van der Waals surface area (Å²) in [6.45, 7) is 11.3. The summed E-state index contributed by atoms with van der Waals surface area (Å²) in [4.78, 5) is 35.4. The zero-order valence-corrected chi connectivity index (χ0v) is 37.4. The van der Waals surface area contributed by atoms with Gasteiger partial charge in [-0.2, -0.15) is 0 Å². The summed E-state index contributed by atoms with van der Waals surface area (Å²) in [5.41, 5.74) is 8.07. The topological polar surface area (TPSA) is 195 Å². The lowest BCUT2D eigenvalue weighted by Crippen LogP contribution is -2.61. The van der Waals surface area contributed by atoms with E-state index in [9.17, 15) is 33.5 Å². The fourth-order valence-corrected chi connectivity index (χ4v) is 12.8. The van der Waals surface area contributed by atoms with E-state index < -0.39 is 36.9 Å². The van der Waals surface area contributed by atoms with Gasteiger partial charge in [0.2, 0.25) is 21.6 Å². The Morgan fingerprint density at radius 2 is 1.66 bits per heavy atom. The molecule has 2 saturated heterocycles. The molecular formula is C47H65N7O7S. The number of sulfone groups is 1. The molecule has 0 bridgehead atoms. The molecule has 8 rings (SSSR count). The first-order valence-electron chi connectivity index (χ1n) is 22.8. The first kappa shape index (κ1) is 44.5. The first-order chi connectivity index (χ1) is 29.5. The van der Waals surface area contributed by atoms with E-state index in [0.29, 0.717) is 49.1 Å². The van der Waals surface area contributed by atoms with Gasteiger partial charge in [-0.25, -0.2) is 13.4 Å². The smallest absolute Gasteiger partial charge is 0.312 e. The fourth-order valence-electron chi connectivity index (χ4n) is 11.3. The molecule has 1 amide bonds. The molecule has 15 heteroatoms. The van der Waals surface area contributed by atoms with E-state index in [1.807, 2.05) is 6.92 Å². The van der Waals surface area contributed by atoms with Gasteiger partial charge in [0.05, 0.1) is 32.0 Å². The molecule has 1 spiro atoms. The number of nitro groups is 1. The Morgan fingerprint density at radius 3 is 2.32 bits per heavy atom. The lowest BCUT2D eigenvalue weighted by atomic mass is 9.59. The molecule has 5 N–H and O–H groups in total. The van der Waals surface area contributed by atoms with Crippen molar-refractivity contribution in [1.29, 1.82) is 0 Å². The van der Waals surface area contributed by atoms with Crippen molar-refractivity contribution >= 4 is 32.9 Å². The maximum atomic E-state index is 14.3. The summed E-state index contributed by atoms with van der Waals surface area (Å²) >= 11 is 0. The number of piperidine rings is 1. The van der Waals surface area contributed by atoms with Gasteiger partial charge >= 0.3 is 5.69 Å². The third kappa shape index (κ3) is 9.24. The number of anilines is 2. The van der Waals surface area contributed by atoms with Gasteiger partial charge in [-0.15, -0.1) is 0 Å². The second-order valence-electron chi connectivity index (χ2n) is 19.7. The van der Waals surface area contributed by atoms with Crippen LogP contribution in [0.2, 0.25) is 0 Å². The van der Waals surface area contributed by atoms with Gasteiger partial charge in [0.1, 0.15) is 0 Å². The van der Waals surface area contributed by atoms with Gasteiger partial charge in [-0.05, 0) is 131 Å². The second kappa shape index (κ2) is 17.8. The highest BCUT2D eigenvalue weighted by Crippen LogP contribution is 2.53. The van der Waals surface area contributed by atoms with Crippen LogP contribution in [0.4, 0.5) is 17.2 Å². The zero-order valence-electron chi connectivity index (χ0n) is 36.5. The molecule has 0 unspecified atom stereocenters. The van der Waals surface area contributed by atoms with Gasteiger partial charge in [-0.1, -0.05) is 38.1 Å². The molecule has 3 aromatic rings. The van der Waals surface area contributed by atoms with Crippen molar-refractivity contribution in [3.8, 4) is 0 Å². The van der Waals surface area contributed by atoms with E-state index in [4.69, 9.17) is 5.73 Å². The minimum absolute atomic E-state index is 0.0326. The lowest BCUT2D eigenvalue weighted by Gasteiger charge is -2.59. The van der Waals surface area contributed by atoms with Crippen molar-refractivity contribution in [1.82, 2.24) is 14.8 Å². The number of piperazine rings is 1. The highest BCUT2D eigenvalue weighted by Gasteiger charge is 2.50. The maximum Gasteiger partial charge on any atom is 0.312 e. The molecule has 3 saturated carbocycles. The van der Waals surface area contributed by atoms with E-state index in [2.05, 4.69) is 63.1 Å². The van der Waals surface area contributed by atoms with Crippen LogP contribution in [0.25, 0.3) is 0 Å². The van der Waals surface area contributed by atoms with E-state index in [1.54, 1.807) is 6.07 Å². The average molecular weight is 872 g/mol. The van der Waals surface area contributed by atoms with Gasteiger partial charge in [0.25, 0.3) is 0 Å². The molecule has 3 heterocycles. The van der Waals surface area contributed by atoms with Crippen LogP contribution in [0.1, 0.15) is 131 Å². The molecule has 14 nitrogen and oxygen atoms in total. The summed E-state index contributed by atoms with van der Waals surface area (Å²) in [7, 11) is -4.45. The Morgan fingerprint density at radius 1 is 0.968 bits per heavy atom. The highest BCUT2D eigenvalue weighted by molar-refractivity contribution is 7.91. The van der Waals surface area contributed by atoms with Crippen molar-refractivity contribution in [2.24, 2.45) is 17.1 Å². The van der Waals surface area contributed by atoms with E-state index >= 15 is 0 Å². The minimum atomic E-state index is -4.45. The number of carbonyl (C=O) groups is 1. The van der Waals surface area contributed by atoms with Crippen LogP contribution in [0.3, 0.4) is 0 Å². The lowest BCUT2D eigenvalue weighted by molar-refractivity contribution is -0.384. The van der Waals surface area contributed by atoms with Gasteiger partial charge < -0.3 is 26.2 Å². The van der Waals surface area contributed by atoms with Crippen molar-refractivity contribution < 1.29 is 28.3 Å². The number of benzene rings is 2. The molecule has 1 atom stereocenters. The highest BCUT2D eigenvalue weighted by atomic mass is 32.2. The summed E-state index contributed by atoms with van der Waals surface area (Å²) in [5, 5.41) is 35.8. The standard InChI is InChI=1S/C47H65N7O7S/c1-31(2)38-6-4-5-7-39(38)42-30-52(33-8-11-36(55)12-9-33)22-23-53(42)35-26-47(27-35)18-20-51(21-19-47)34-10-13-40(44(48)56)43(24-34)62(60,61)37-25-41(54(58)59)45(50-29-37)49-28-32-14-16-46(3,57)17-15-32/h4-7,10,13,24-25,29,31-33,35-36,42,55,57H,8-9,11-12,14-23,26-28,30H2,1-3H3,(H2,48,56)(H,49,50)/t32?,33?,36?,42-,46?/m0/s1. The molecule has 5 fully saturated rings. The molecule has 3 aliphatic carbocycles. The first-order valence-corrected chi connectivity index (χ1v) is 24.3. The average Bonchev–Trinajstić information content (AvgIpc) is 3.25. The molecule has 2 aliphatic heterocycles. The van der Waals surface area contributed by atoms with Crippen LogP contribution in [-0.2, 0) is 9.84 Å². The number of amides is 1. The van der Waals surface area contributed by atoms with Crippen LogP contribution < -0.4 is 16.0 Å². The number of nitrogens with two attached hydrogens (primary N) is 1. The number of nitrogens with one attached hydrogen (secondary N) is 1. The molecular weight excluding hydrogens is 807 g/mol. The third-order valence-electron chi connectivity index (χ3n) is 15.2. The van der Waals surface area contributed by atoms with Crippen molar-refractivity contribution in [2.75, 3.05) is 49.5 Å². The predicted octanol–water partition coefficient (Wildman–Crippen LogP) is 6.81. The van der Waals surface area contributed by atoms with Gasteiger partial charge in [-0.3, -0.25) is 24.7 Å². The van der Waals surface area contributed by atoms with Crippen LogP contribution in [0, 0.1) is 21.4 Å². The number of nitrogens with zero attached hydrogens (tertiary/aromatic N) is 5. The minimum Gasteiger partial charge on any atom is -0.393 e. The Hall–Kier alpha value is -4.15. The second-order valence-corrected chi connectivity index (χ2v) is 21.6. The number of hydrogen-bond acceptors (Lipinski definition) is 12. The summed E-state index contributed by atoms with van der Waals surface area (Å²) in [6, 6.07) is 15.9. The maximum absolute atomic E-state index is 14.3. The Labute approximate surface area is 366 Å². The third-order valence-corrected chi connectivity index (χ3v) is 17.0. The molecule has 62 heavy (non-hydrogen) atoms. The van der Waals surface area contributed by atoms with Gasteiger partial charge in [0.15, 0.2) is 0 Å². The van der Waals surface area contributed by atoms with E-state index in [-0.39, 0.29) is 33.7 Å². The summed E-state index contributed by atoms with van der Waals surface area (Å²) < 4.78 is 28.5. The van der Waals surface area contributed by atoms with E-state index in [1.165, 1.54) is 23.3 Å². The van der Waals surface area contributed by atoms with Crippen LogP contribution in [0.15, 0.2) is 64.5 Å². The van der Waals surface area contributed by atoms with Crippen LogP contribution in [0.5, 0.6) is 0 Å². The molecule has 0 radical (unpaired) electrons. The number of aromatic nitrogens is 1. The van der Waals surface area contributed by atoms with Gasteiger partial charge in [0, 0.05) is 75.3 Å². The van der Waals surface area contributed by atoms with E-state index in [0.717, 1.165) is 109 Å². The number of primary amides is 1.